The third-order valence-corrected chi connectivity index (χ3v) is 5.00. The predicted molar refractivity (Wildman–Crippen MR) is 104 cm³/mol. The van der Waals surface area contributed by atoms with Crippen molar-refractivity contribution >= 4 is 10.8 Å². The maximum atomic E-state index is 13.5. The number of aromatic nitrogens is 2. The summed E-state index contributed by atoms with van der Waals surface area (Å²) in [5.74, 6) is -0.773. The van der Waals surface area contributed by atoms with E-state index in [1.54, 1.807) is 25.2 Å². The number of halogens is 1. The first kappa shape index (κ1) is 17.1. The monoisotopic (exact) mass is 362 g/mol. The van der Waals surface area contributed by atoms with Crippen LogP contribution in [0.5, 0.6) is 5.75 Å². The second-order valence-electron chi connectivity index (χ2n) is 6.72. The Bertz CT molecular complexity index is 1190. The van der Waals surface area contributed by atoms with Crippen LogP contribution in [0, 0.1) is 12.7 Å². The molecule has 136 valence electrons. The number of aromatic amines is 1. The molecule has 0 aliphatic carbocycles. The lowest BCUT2D eigenvalue weighted by atomic mass is 9.82. The number of nitrogens with one attached hydrogen (secondary N) is 1. The summed E-state index contributed by atoms with van der Waals surface area (Å²) in [6, 6.07) is 17.3. The molecule has 4 aromatic rings. The quantitative estimate of drug-likeness (QED) is 0.574. The van der Waals surface area contributed by atoms with Crippen molar-refractivity contribution in [3.63, 3.8) is 0 Å². The van der Waals surface area contributed by atoms with E-state index in [2.05, 4.69) is 5.10 Å². The van der Waals surface area contributed by atoms with E-state index in [9.17, 15) is 14.3 Å². The molecule has 0 aliphatic rings. The van der Waals surface area contributed by atoms with Gasteiger partial charge in [0.25, 0.3) is 5.56 Å². The highest BCUT2D eigenvalue weighted by Gasteiger charge is 2.28. The molecule has 4 nitrogen and oxygen atoms in total. The Morgan fingerprint density at radius 1 is 1.00 bits per heavy atom. The lowest BCUT2D eigenvalue weighted by Crippen LogP contribution is -2.19. The highest BCUT2D eigenvalue weighted by molar-refractivity contribution is 5.89. The summed E-state index contributed by atoms with van der Waals surface area (Å²) in [7, 11) is 1.66. The van der Waals surface area contributed by atoms with Crippen molar-refractivity contribution in [2.24, 2.45) is 7.05 Å². The summed E-state index contributed by atoms with van der Waals surface area (Å²) in [6.45, 7) is 1.83. The number of rotatable bonds is 3. The normalized spacial score (nSPS) is 12.4. The molecule has 0 saturated heterocycles. The molecule has 0 bridgehead atoms. The van der Waals surface area contributed by atoms with E-state index in [0.29, 0.717) is 16.8 Å². The van der Waals surface area contributed by atoms with Crippen LogP contribution in [-0.2, 0) is 7.05 Å². The summed E-state index contributed by atoms with van der Waals surface area (Å²) in [5, 5.41) is 15.6. The average Bonchev–Trinajstić information content (AvgIpc) is 2.91. The molecule has 0 fully saturated rings. The molecule has 0 amide bonds. The van der Waals surface area contributed by atoms with Crippen LogP contribution in [0.25, 0.3) is 10.8 Å². The maximum Gasteiger partial charge on any atom is 0.270 e. The molecule has 1 aromatic heterocycles. The van der Waals surface area contributed by atoms with Gasteiger partial charge < -0.3 is 5.11 Å². The van der Waals surface area contributed by atoms with E-state index in [1.807, 2.05) is 37.3 Å². The molecular formula is C22H19FN2O2. The summed E-state index contributed by atoms with van der Waals surface area (Å²) in [5.41, 5.74) is 2.46. The van der Waals surface area contributed by atoms with Crippen molar-refractivity contribution in [2.45, 2.75) is 12.8 Å². The van der Waals surface area contributed by atoms with Crippen LogP contribution in [0.2, 0.25) is 0 Å². The molecule has 1 heterocycles. The number of hydrogen-bond donors (Lipinski definition) is 2. The maximum absolute atomic E-state index is 13.5. The summed E-state index contributed by atoms with van der Waals surface area (Å²) in [6.07, 6.45) is 0. The van der Waals surface area contributed by atoms with E-state index >= 15 is 0 Å². The van der Waals surface area contributed by atoms with Crippen LogP contribution in [0.1, 0.15) is 28.3 Å². The van der Waals surface area contributed by atoms with Gasteiger partial charge in [-0.3, -0.25) is 14.6 Å². The minimum absolute atomic E-state index is 0.102. The number of nitrogens with zero attached hydrogens (tertiary/aromatic N) is 1. The van der Waals surface area contributed by atoms with Gasteiger partial charge in [0.05, 0.1) is 5.56 Å². The largest absolute Gasteiger partial charge is 0.508 e. The number of aromatic hydroxyl groups is 1. The zero-order valence-electron chi connectivity index (χ0n) is 15.0. The molecular weight excluding hydrogens is 343 g/mol. The highest BCUT2D eigenvalue weighted by Crippen LogP contribution is 2.40. The van der Waals surface area contributed by atoms with Crippen molar-refractivity contribution < 1.29 is 9.50 Å². The Morgan fingerprint density at radius 3 is 2.37 bits per heavy atom. The van der Waals surface area contributed by atoms with Gasteiger partial charge in [-0.15, -0.1) is 0 Å². The first-order valence-corrected chi connectivity index (χ1v) is 8.69. The zero-order valence-corrected chi connectivity index (χ0v) is 15.0. The lowest BCUT2D eigenvalue weighted by Gasteiger charge is -2.21. The smallest absolute Gasteiger partial charge is 0.270 e. The SMILES string of the molecule is Cc1[nH]n(C)c(=O)c1C(c1ccc(F)cc1)c1c(O)ccc2ccccc12. The molecule has 0 spiro atoms. The minimum Gasteiger partial charge on any atom is -0.508 e. The lowest BCUT2D eigenvalue weighted by molar-refractivity contribution is 0.468. The van der Waals surface area contributed by atoms with Gasteiger partial charge >= 0.3 is 0 Å². The first-order valence-electron chi connectivity index (χ1n) is 8.69. The second kappa shape index (κ2) is 6.43. The Morgan fingerprint density at radius 2 is 1.70 bits per heavy atom. The number of phenols is 1. The van der Waals surface area contributed by atoms with Crippen LogP contribution in [0.4, 0.5) is 4.39 Å². The fourth-order valence-corrected chi connectivity index (χ4v) is 3.76. The molecule has 4 rings (SSSR count). The zero-order chi connectivity index (χ0) is 19.1. The highest BCUT2D eigenvalue weighted by atomic mass is 19.1. The van der Waals surface area contributed by atoms with E-state index in [0.717, 1.165) is 16.3 Å². The Hall–Kier alpha value is -3.34. The third kappa shape index (κ3) is 2.81. The van der Waals surface area contributed by atoms with Gasteiger partial charge in [0.15, 0.2) is 0 Å². The number of fused-ring (bicyclic) bond motifs is 1. The van der Waals surface area contributed by atoms with E-state index in [4.69, 9.17) is 0 Å². The molecule has 27 heavy (non-hydrogen) atoms. The van der Waals surface area contributed by atoms with E-state index in [1.165, 1.54) is 16.8 Å². The van der Waals surface area contributed by atoms with Crippen LogP contribution >= 0.6 is 0 Å². The van der Waals surface area contributed by atoms with Gasteiger partial charge in [0.1, 0.15) is 11.6 Å². The van der Waals surface area contributed by atoms with Crippen LogP contribution in [-0.4, -0.2) is 14.9 Å². The number of H-pyrrole nitrogens is 1. The fourth-order valence-electron chi connectivity index (χ4n) is 3.76. The standard InChI is InChI=1S/C22H19FN2O2/c1-13-19(22(27)25(2)24-13)20(15-7-10-16(23)11-8-15)21-17-6-4-3-5-14(17)9-12-18(21)26/h3-12,20,24,26H,1-2H3. The molecule has 0 saturated carbocycles. The van der Waals surface area contributed by atoms with Gasteiger partial charge in [0.2, 0.25) is 0 Å². The fraction of sp³-hybridized carbons (Fsp3) is 0.136. The molecule has 2 N–H and O–H groups in total. The molecule has 1 unspecified atom stereocenters. The van der Waals surface area contributed by atoms with Gasteiger partial charge in [0, 0.05) is 24.2 Å². The van der Waals surface area contributed by atoms with Gasteiger partial charge in [-0.1, -0.05) is 42.5 Å². The average molecular weight is 362 g/mol. The predicted octanol–water partition coefficient (Wildman–Crippen LogP) is 4.20. The van der Waals surface area contributed by atoms with Crippen LogP contribution in [0.3, 0.4) is 0 Å². The van der Waals surface area contributed by atoms with E-state index in [-0.39, 0.29) is 17.1 Å². The molecule has 0 radical (unpaired) electrons. The Balaban J connectivity index is 2.10. The molecule has 3 aromatic carbocycles. The summed E-state index contributed by atoms with van der Waals surface area (Å²) >= 11 is 0. The van der Waals surface area contributed by atoms with Crippen molar-refractivity contribution in [3.05, 3.63) is 99.2 Å². The Labute approximate surface area is 155 Å². The van der Waals surface area contributed by atoms with E-state index < -0.39 is 5.92 Å². The van der Waals surface area contributed by atoms with Crippen molar-refractivity contribution in [1.82, 2.24) is 9.78 Å². The van der Waals surface area contributed by atoms with Crippen LogP contribution in [0.15, 0.2) is 65.5 Å². The van der Waals surface area contributed by atoms with Gasteiger partial charge in [-0.05, 0) is 41.5 Å². The van der Waals surface area contributed by atoms with Crippen molar-refractivity contribution in [2.75, 3.05) is 0 Å². The molecule has 5 heteroatoms. The van der Waals surface area contributed by atoms with Crippen molar-refractivity contribution in [1.29, 1.82) is 0 Å². The summed E-state index contributed by atoms with van der Waals surface area (Å²) < 4.78 is 14.9. The van der Waals surface area contributed by atoms with Crippen LogP contribution < -0.4 is 5.56 Å². The Kier molecular flexibility index (Phi) is 4.07. The number of phenolic OH excluding ortho intramolecular Hbond substituents is 1. The number of aryl methyl sites for hydroxylation is 2. The summed E-state index contributed by atoms with van der Waals surface area (Å²) in [4.78, 5) is 12.9. The molecule has 1 atom stereocenters. The number of benzene rings is 3. The second-order valence-corrected chi connectivity index (χ2v) is 6.72. The van der Waals surface area contributed by atoms with Gasteiger partial charge in [-0.2, -0.15) is 0 Å². The third-order valence-electron chi connectivity index (χ3n) is 5.00. The topological polar surface area (TPSA) is 58.0 Å². The minimum atomic E-state index is -0.526. The van der Waals surface area contributed by atoms with Gasteiger partial charge in [-0.25, -0.2) is 4.39 Å². The van der Waals surface area contributed by atoms with Crippen molar-refractivity contribution in [3.8, 4) is 5.75 Å². The number of hydrogen-bond acceptors (Lipinski definition) is 2. The first-order chi connectivity index (χ1) is 13.0. The molecule has 0 aliphatic heterocycles.